The van der Waals surface area contributed by atoms with Crippen LogP contribution in [-0.2, 0) is 0 Å². The average molecular weight is 298 g/mol. The van der Waals surface area contributed by atoms with E-state index in [-0.39, 0.29) is 0 Å². The highest BCUT2D eigenvalue weighted by Crippen LogP contribution is 2.16. The number of hydrogen-bond donors (Lipinski definition) is 1. The zero-order chi connectivity index (χ0) is 15.5. The number of hydrogen-bond acceptors (Lipinski definition) is 4. The fourth-order valence-electron chi connectivity index (χ4n) is 2.45. The number of nitrogens with zero attached hydrogens (tertiary/aromatic N) is 3. The molecule has 0 saturated heterocycles. The molecule has 4 nitrogen and oxygen atoms in total. The van der Waals surface area contributed by atoms with Gasteiger partial charge in [-0.2, -0.15) is 0 Å². The third-order valence-electron chi connectivity index (χ3n) is 3.73. The SMILES string of the molecule is CCCCCCCCNCC=C1N=NN=C1c1ccccc1. The van der Waals surface area contributed by atoms with E-state index in [0.29, 0.717) is 0 Å². The van der Waals surface area contributed by atoms with Crippen molar-refractivity contribution in [3.8, 4) is 0 Å². The summed E-state index contributed by atoms with van der Waals surface area (Å²) in [6.45, 7) is 4.13. The Morgan fingerprint density at radius 2 is 1.77 bits per heavy atom. The minimum absolute atomic E-state index is 0.815. The zero-order valence-electron chi connectivity index (χ0n) is 13.5. The Bertz CT molecular complexity index is 517. The molecule has 1 aromatic rings. The van der Waals surface area contributed by atoms with Gasteiger partial charge in [0.25, 0.3) is 0 Å². The van der Waals surface area contributed by atoms with Gasteiger partial charge in [-0.25, -0.2) is 0 Å². The van der Waals surface area contributed by atoms with Crippen LogP contribution in [-0.4, -0.2) is 18.8 Å². The van der Waals surface area contributed by atoms with E-state index in [4.69, 9.17) is 0 Å². The molecule has 0 atom stereocenters. The van der Waals surface area contributed by atoms with Crippen LogP contribution in [0.5, 0.6) is 0 Å². The van der Waals surface area contributed by atoms with E-state index in [9.17, 15) is 0 Å². The van der Waals surface area contributed by atoms with Crippen molar-refractivity contribution >= 4 is 5.71 Å². The first-order chi connectivity index (χ1) is 10.9. The van der Waals surface area contributed by atoms with Crippen molar-refractivity contribution in [2.45, 2.75) is 45.4 Å². The van der Waals surface area contributed by atoms with E-state index in [0.717, 1.165) is 30.1 Å². The molecule has 0 radical (unpaired) electrons. The quantitative estimate of drug-likeness (QED) is 0.626. The summed E-state index contributed by atoms with van der Waals surface area (Å²) in [6, 6.07) is 10.1. The highest BCUT2D eigenvalue weighted by atomic mass is 15.4. The highest BCUT2D eigenvalue weighted by Gasteiger charge is 2.13. The Balaban J connectivity index is 1.66. The second-order valence-electron chi connectivity index (χ2n) is 5.57. The minimum Gasteiger partial charge on any atom is -0.313 e. The number of rotatable bonds is 10. The van der Waals surface area contributed by atoms with Crippen molar-refractivity contribution in [2.24, 2.45) is 15.4 Å². The summed E-state index contributed by atoms with van der Waals surface area (Å²) >= 11 is 0. The fourth-order valence-corrected chi connectivity index (χ4v) is 2.45. The number of nitrogens with one attached hydrogen (secondary N) is 1. The van der Waals surface area contributed by atoms with Gasteiger partial charge in [0.15, 0.2) is 0 Å². The van der Waals surface area contributed by atoms with E-state index in [1.807, 2.05) is 30.3 Å². The normalized spacial score (nSPS) is 15.5. The number of allylic oxidation sites excluding steroid dienone is 1. The molecule has 0 saturated carbocycles. The lowest BCUT2D eigenvalue weighted by atomic mass is 10.1. The topological polar surface area (TPSA) is 49.1 Å². The molecule has 0 bridgehead atoms. The van der Waals surface area contributed by atoms with Crippen LogP contribution in [0.2, 0.25) is 0 Å². The first kappa shape index (κ1) is 16.6. The van der Waals surface area contributed by atoms with Gasteiger partial charge in [0.1, 0.15) is 11.4 Å². The molecule has 22 heavy (non-hydrogen) atoms. The van der Waals surface area contributed by atoms with E-state index >= 15 is 0 Å². The van der Waals surface area contributed by atoms with Crippen LogP contribution in [0, 0.1) is 0 Å². The second kappa shape index (κ2) is 10.0. The summed E-state index contributed by atoms with van der Waals surface area (Å²) in [5.74, 6) is 0. The Morgan fingerprint density at radius 1 is 1.00 bits per heavy atom. The number of unbranched alkanes of at least 4 members (excludes halogenated alkanes) is 5. The molecule has 0 fully saturated rings. The molecular formula is C18H26N4. The molecule has 1 heterocycles. The predicted octanol–water partition coefficient (Wildman–Crippen LogP) is 4.69. The maximum absolute atomic E-state index is 4.12. The van der Waals surface area contributed by atoms with Gasteiger partial charge in [-0.15, -0.1) is 10.2 Å². The van der Waals surface area contributed by atoms with Crippen molar-refractivity contribution in [1.29, 1.82) is 0 Å². The molecule has 1 aliphatic heterocycles. The van der Waals surface area contributed by atoms with Gasteiger partial charge in [0.05, 0.1) is 0 Å². The molecule has 1 N–H and O–H groups in total. The van der Waals surface area contributed by atoms with E-state index in [1.54, 1.807) is 0 Å². The lowest BCUT2D eigenvalue weighted by Crippen LogP contribution is -2.16. The van der Waals surface area contributed by atoms with Crippen molar-refractivity contribution in [1.82, 2.24) is 5.32 Å². The van der Waals surface area contributed by atoms with Crippen LogP contribution in [0.3, 0.4) is 0 Å². The lowest BCUT2D eigenvalue weighted by molar-refractivity contribution is 0.585. The zero-order valence-corrected chi connectivity index (χ0v) is 13.5. The summed E-state index contributed by atoms with van der Waals surface area (Å²) in [5.41, 5.74) is 2.79. The third-order valence-corrected chi connectivity index (χ3v) is 3.73. The summed E-state index contributed by atoms with van der Waals surface area (Å²) in [4.78, 5) is 0. The Labute approximate surface area is 133 Å². The molecule has 2 rings (SSSR count). The maximum Gasteiger partial charge on any atom is 0.122 e. The van der Waals surface area contributed by atoms with Gasteiger partial charge in [-0.05, 0) is 24.3 Å². The maximum atomic E-state index is 4.12. The molecule has 0 aliphatic carbocycles. The fraction of sp³-hybridized carbons (Fsp3) is 0.500. The van der Waals surface area contributed by atoms with Gasteiger partial charge >= 0.3 is 0 Å². The largest absolute Gasteiger partial charge is 0.313 e. The molecular weight excluding hydrogens is 272 g/mol. The van der Waals surface area contributed by atoms with Crippen LogP contribution in [0.25, 0.3) is 0 Å². The van der Waals surface area contributed by atoms with Crippen LogP contribution >= 0.6 is 0 Å². The summed E-state index contributed by atoms with van der Waals surface area (Å²) < 4.78 is 0. The van der Waals surface area contributed by atoms with E-state index in [2.05, 4.69) is 33.8 Å². The molecule has 1 aromatic carbocycles. The van der Waals surface area contributed by atoms with Crippen LogP contribution in [0.1, 0.15) is 51.0 Å². The van der Waals surface area contributed by atoms with Gasteiger partial charge in [0.2, 0.25) is 0 Å². The van der Waals surface area contributed by atoms with Gasteiger partial charge in [-0.1, -0.05) is 69.4 Å². The smallest absolute Gasteiger partial charge is 0.122 e. The average Bonchev–Trinajstić information content (AvgIpc) is 3.02. The first-order valence-corrected chi connectivity index (χ1v) is 8.37. The van der Waals surface area contributed by atoms with E-state index < -0.39 is 0 Å². The highest BCUT2D eigenvalue weighted by molar-refractivity contribution is 6.12. The van der Waals surface area contributed by atoms with Gasteiger partial charge < -0.3 is 5.32 Å². The van der Waals surface area contributed by atoms with Crippen molar-refractivity contribution < 1.29 is 0 Å². The summed E-state index contributed by atoms with van der Waals surface area (Å²) in [7, 11) is 0. The van der Waals surface area contributed by atoms with Crippen LogP contribution < -0.4 is 5.32 Å². The van der Waals surface area contributed by atoms with Crippen LogP contribution in [0.4, 0.5) is 0 Å². The Kier molecular flexibility index (Phi) is 7.53. The molecule has 0 amide bonds. The Hall–Kier alpha value is -1.81. The molecule has 0 unspecified atom stereocenters. The minimum atomic E-state index is 0.815. The van der Waals surface area contributed by atoms with Crippen LogP contribution in [0.15, 0.2) is 57.5 Å². The molecule has 118 valence electrons. The predicted molar refractivity (Wildman–Crippen MR) is 92.2 cm³/mol. The van der Waals surface area contributed by atoms with E-state index in [1.165, 1.54) is 38.5 Å². The summed E-state index contributed by atoms with van der Waals surface area (Å²) in [5, 5.41) is 15.5. The monoisotopic (exact) mass is 298 g/mol. The standard InChI is InChI=1S/C18H26N4/c1-2-3-4-5-6-10-14-19-15-13-17-18(21-22-20-17)16-11-8-7-9-12-16/h7-9,11-13,19H,2-6,10,14-15H2,1H3. The Morgan fingerprint density at radius 3 is 2.59 bits per heavy atom. The lowest BCUT2D eigenvalue weighted by Gasteiger charge is -2.03. The van der Waals surface area contributed by atoms with Crippen molar-refractivity contribution in [2.75, 3.05) is 13.1 Å². The second-order valence-corrected chi connectivity index (χ2v) is 5.57. The third kappa shape index (κ3) is 5.53. The summed E-state index contributed by atoms with van der Waals surface area (Å²) in [6.07, 6.45) is 10.0. The number of benzene rings is 1. The van der Waals surface area contributed by atoms with Crippen molar-refractivity contribution in [3.63, 3.8) is 0 Å². The molecule has 0 aromatic heterocycles. The molecule has 4 heteroatoms. The van der Waals surface area contributed by atoms with Gasteiger partial charge in [0, 0.05) is 12.1 Å². The van der Waals surface area contributed by atoms with Gasteiger partial charge in [-0.3, -0.25) is 0 Å². The van der Waals surface area contributed by atoms with Crippen molar-refractivity contribution in [3.05, 3.63) is 47.7 Å². The first-order valence-electron chi connectivity index (χ1n) is 8.37. The molecule has 0 spiro atoms. The molecule has 1 aliphatic rings.